The predicted molar refractivity (Wildman–Crippen MR) is 88.4 cm³/mol. The number of β-amino-alcohol motifs (C(OH)–C–C–N with tert-alkyl or cyclic N) is 1. The zero-order valence-corrected chi connectivity index (χ0v) is 12.8. The van der Waals surface area contributed by atoms with Crippen LogP contribution in [-0.2, 0) is 0 Å². The van der Waals surface area contributed by atoms with Crippen molar-refractivity contribution in [1.29, 1.82) is 0 Å². The Hall–Kier alpha value is -1.38. The highest BCUT2D eigenvalue weighted by Gasteiger charge is 2.17. The van der Waals surface area contributed by atoms with Gasteiger partial charge in [-0.25, -0.2) is 0 Å². The van der Waals surface area contributed by atoms with Gasteiger partial charge in [0.25, 0.3) is 0 Å². The minimum absolute atomic E-state index is 0.386. The summed E-state index contributed by atoms with van der Waals surface area (Å²) in [6.07, 6.45) is 3.45. The van der Waals surface area contributed by atoms with Gasteiger partial charge in [-0.3, -0.25) is 0 Å². The Morgan fingerprint density at radius 1 is 1.10 bits per heavy atom. The molecule has 1 fully saturated rings. The van der Waals surface area contributed by atoms with Crippen molar-refractivity contribution in [2.24, 2.45) is 5.92 Å². The first-order chi connectivity index (χ1) is 10.2. The summed E-state index contributed by atoms with van der Waals surface area (Å²) < 4.78 is 0. The van der Waals surface area contributed by atoms with Crippen molar-refractivity contribution >= 4 is 10.8 Å². The number of likely N-dealkylation sites (tertiary alicyclic amines) is 1. The third kappa shape index (κ3) is 3.63. The van der Waals surface area contributed by atoms with Crippen molar-refractivity contribution in [2.45, 2.75) is 32.3 Å². The molecule has 1 aliphatic heterocycles. The molecule has 1 saturated heterocycles. The lowest BCUT2D eigenvalue weighted by Gasteiger charge is -2.23. The molecule has 112 valence electrons. The largest absolute Gasteiger partial charge is 0.387 e. The molecule has 3 rings (SSSR count). The molecule has 0 aromatic heterocycles. The van der Waals surface area contributed by atoms with E-state index in [4.69, 9.17) is 0 Å². The zero-order chi connectivity index (χ0) is 14.7. The van der Waals surface area contributed by atoms with Crippen LogP contribution in [0.3, 0.4) is 0 Å². The normalized spacial score (nSPS) is 22.1. The van der Waals surface area contributed by atoms with Crippen LogP contribution >= 0.6 is 0 Å². The first-order valence-electron chi connectivity index (χ1n) is 8.11. The van der Waals surface area contributed by atoms with E-state index in [9.17, 15) is 5.11 Å². The number of benzene rings is 2. The molecule has 2 atom stereocenters. The van der Waals surface area contributed by atoms with E-state index >= 15 is 0 Å². The molecule has 0 radical (unpaired) electrons. The minimum atomic E-state index is -0.386. The van der Waals surface area contributed by atoms with E-state index in [2.05, 4.69) is 54.3 Å². The Morgan fingerprint density at radius 3 is 2.76 bits per heavy atom. The quantitative estimate of drug-likeness (QED) is 0.920. The van der Waals surface area contributed by atoms with Gasteiger partial charge in [0, 0.05) is 6.54 Å². The van der Waals surface area contributed by atoms with Crippen LogP contribution in [0.15, 0.2) is 42.5 Å². The van der Waals surface area contributed by atoms with Crippen LogP contribution in [0.2, 0.25) is 0 Å². The van der Waals surface area contributed by atoms with Gasteiger partial charge < -0.3 is 10.0 Å². The number of hydrogen-bond acceptors (Lipinski definition) is 2. The Kier molecular flexibility index (Phi) is 4.57. The highest BCUT2D eigenvalue weighted by molar-refractivity contribution is 5.83. The topological polar surface area (TPSA) is 23.5 Å². The van der Waals surface area contributed by atoms with E-state index in [0.29, 0.717) is 0 Å². The van der Waals surface area contributed by atoms with Crippen LogP contribution in [0.1, 0.15) is 37.9 Å². The van der Waals surface area contributed by atoms with Crippen molar-refractivity contribution in [3.63, 3.8) is 0 Å². The first kappa shape index (κ1) is 14.6. The molecule has 2 unspecified atom stereocenters. The Morgan fingerprint density at radius 2 is 1.90 bits per heavy atom. The maximum atomic E-state index is 10.5. The van der Waals surface area contributed by atoms with Gasteiger partial charge in [-0.2, -0.15) is 0 Å². The monoisotopic (exact) mass is 283 g/mol. The molecule has 0 amide bonds. The molecular weight excluding hydrogens is 258 g/mol. The zero-order valence-electron chi connectivity index (χ0n) is 12.8. The summed E-state index contributed by atoms with van der Waals surface area (Å²) in [6, 6.07) is 14.6. The van der Waals surface area contributed by atoms with Crippen LogP contribution in [0.5, 0.6) is 0 Å². The molecule has 0 spiro atoms. The average molecular weight is 283 g/mol. The Labute approximate surface area is 127 Å². The van der Waals surface area contributed by atoms with Crippen molar-refractivity contribution in [3.8, 4) is 0 Å². The van der Waals surface area contributed by atoms with Gasteiger partial charge in [-0.15, -0.1) is 0 Å². The maximum absolute atomic E-state index is 10.5. The van der Waals surface area contributed by atoms with E-state index in [-0.39, 0.29) is 6.10 Å². The van der Waals surface area contributed by atoms with Crippen LogP contribution in [0.4, 0.5) is 0 Å². The van der Waals surface area contributed by atoms with Crippen LogP contribution in [0, 0.1) is 5.92 Å². The van der Waals surface area contributed by atoms with Gasteiger partial charge >= 0.3 is 0 Å². The highest BCUT2D eigenvalue weighted by Crippen LogP contribution is 2.23. The van der Waals surface area contributed by atoms with Crippen LogP contribution < -0.4 is 0 Å². The van der Waals surface area contributed by atoms with E-state index in [1.54, 1.807) is 0 Å². The summed E-state index contributed by atoms with van der Waals surface area (Å²) in [4.78, 5) is 2.42. The molecule has 1 N–H and O–H groups in total. The summed E-state index contributed by atoms with van der Waals surface area (Å²) in [5.41, 5.74) is 1.03. The second-order valence-corrected chi connectivity index (χ2v) is 6.46. The van der Waals surface area contributed by atoms with Gasteiger partial charge in [0.1, 0.15) is 0 Å². The third-order valence-corrected chi connectivity index (χ3v) is 4.70. The summed E-state index contributed by atoms with van der Waals surface area (Å²) in [5, 5.41) is 13.0. The van der Waals surface area contributed by atoms with Gasteiger partial charge in [-0.05, 0) is 60.7 Å². The lowest BCUT2D eigenvalue weighted by molar-refractivity contribution is 0.114. The molecule has 1 aliphatic rings. The predicted octanol–water partition coefficient (Wildman–Crippen LogP) is 4.00. The van der Waals surface area contributed by atoms with E-state index in [1.165, 1.54) is 30.0 Å². The Bertz CT molecular complexity index is 595. The molecule has 2 aromatic rings. The van der Waals surface area contributed by atoms with Gasteiger partial charge in [-0.1, -0.05) is 43.3 Å². The smallest absolute Gasteiger partial charge is 0.0917 e. The van der Waals surface area contributed by atoms with Crippen LogP contribution in [0.25, 0.3) is 10.8 Å². The van der Waals surface area contributed by atoms with E-state index in [0.717, 1.165) is 31.1 Å². The number of nitrogens with zero attached hydrogens (tertiary/aromatic N) is 1. The summed E-state index contributed by atoms with van der Waals surface area (Å²) in [6.45, 7) is 5.33. The lowest BCUT2D eigenvalue weighted by Crippen LogP contribution is -2.29. The molecule has 0 aliphatic carbocycles. The minimum Gasteiger partial charge on any atom is -0.387 e. The van der Waals surface area contributed by atoms with Gasteiger partial charge in [0.2, 0.25) is 0 Å². The summed E-state index contributed by atoms with van der Waals surface area (Å²) in [7, 11) is 0. The molecule has 1 heterocycles. The number of aliphatic hydroxyl groups is 1. The standard InChI is InChI=1S/C19H25NO/c1-15-5-4-11-20(12-10-15)14-19(21)18-9-8-16-6-2-3-7-17(16)13-18/h2-3,6-9,13,15,19,21H,4-5,10-12,14H2,1H3. The van der Waals surface area contributed by atoms with Crippen molar-refractivity contribution in [1.82, 2.24) is 4.90 Å². The molecule has 2 aromatic carbocycles. The Balaban J connectivity index is 1.69. The molecule has 2 nitrogen and oxygen atoms in total. The van der Waals surface area contributed by atoms with Crippen molar-refractivity contribution in [2.75, 3.05) is 19.6 Å². The molecule has 21 heavy (non-hydrogen) atoms. The number of hydrogen-bond donors (Lipinski definition) is 1. The second kappa shape index (κ2) is 6.59. The fraction of sp³-hybridized carbons (Fsp3) is 0.474. The molecule has 0 saturated carbocycles. The number of fused-ring (bicyclic) bond motifs is 1. The van der Waals surface area contributed by atoms with Crippen molar-refractivity contribution < 1.29 is 5.11 Å². The SMILES string of the molecule is CC1CCCN(CC(O)c2ccc3ccccc3c2)CC1. The lowest BCUT2D eigenvalue weighted by atomic mass is 10.0. The summed E-state index contributed by atoms with van der Waals surface area (Å²) >= 11 is 0. The maximum Gasteiger partial charge on any atom is 0.0917 e. The van der Waals surface area contributed by atoms with Gasteiger partial charge in [0.15, 0.2) is 0 Å². The first-order valence-corrected chi connectivity index (χ1v) is 8.11. The third-order valence-electron chi connectivity index (χ3n) is 4.70. The number of rotatable bonds is 3. The van der Waals surface area contributed by atoms with Gasteiger partial charge in [0.05, 0.1) is 6.10 Å². The van der Waals surface area contributed by atoms with E-state index in [1.807, 2.05) is 0 Å². The summed E-state index contributed by atoms with van der Waals surface area (Å²) in [5.74, 6) is 0.827. The molecule has 2 heteroatoms. The second-order valence-electron chi connectivity index (χ2n) is 6.46. The molecule has 0 bridgehead atoms. The number of aliphatic hydroxyl groups excluding tert-OH is 1. The molecular formula is C19H25NO. The van der Waals surface area contributed by atoms with E-state index < -0.39 is 0 Å². The van der Waals surface area contributed by atoms with Crippen molar-refractivity contribution in [3.05, 3.63) is 48.0 Å². The van der Waals surface area contributed by atoms with Crippen LogP contribution in [-0.4, -0.2) is 29.6 Å². The fourth-order valence-corrected chi connectivity index (χ4v) is 3.27. The highest BCUT2D eigenvalue weighted by atomic mass is 16.3. The fourth-order valence-electron chi connectivity index (χ4n) is 3.27. The average Bonchev–Trinajstić information content (AvgIpc) is 2.71.